The Morgan fingerprint density at radius 1 is 1.14 bits per heavy atom. The third kappa shape index (κ3) is 3.62. The Hall–Kier alpha value is -2.30. The zero-order valence-corrected chi connectivity index (χ0v) is 12.9. The monoisotopic (exact) mass is 287 g/mol. The number of aromatic nitrogens is 2. The van der Waals surface area contributed by atoms with Gasteiger partial charge in [-0.3, -0.25) is 0 Å². The predicted molar refractivity (Wildman–Crippen MR) is 83.4 cm³/mol. The van der Waals surface area contributed by atoms with Crippen LogP contribution in [0.3, 0.4) is 0 Å². The molecule has 1 aromatic heterocycles. The van der Waals surface area contributed by atoms with Gasteiger partial charge in [0.15, 0.2) is 0 Å². The molecule has 2 aromatic rings. The molecule has 5 nitrogen and oxygen atoms in total. The van der Waals surface area contributed by atoms with Crippen molar-refractivity contribution in [3.05, 3.63) is 35.7 Å². The molecule has 0 unspecified atom stereocenters. The van der Waals surface area contributed by atoms with Crippen LogP contribution in [-0.2, 0) is 6.42 Å². The molecule has 0 aliphatic carbocycles. The molecule has 112 valence electrons. The quantitative estimate of drug-likeness (QED) is 0.880. The van der Waals surface area contributed by atoms with Crippen LogP contribution in [-0.4, -0.2) is 23.6 Å². The number of hydrogen-bond acceptors (Lipinski definition) is 5. The number of nitrogens with zero attached hydrogens (tertiary/aromatic N) is 2. The van der Waals surface area contributed by atoms with Gasteiger partial charge >= 0.3 is 0 Å². The SMILES string of the molecule is CCNc1nc(CC)nc(Oc2cccc(OC)c2)c1C. The number of rotatable bonds is 6. The molecule has 1 N–H and O–H groups in total. The van der Waals surface area contributed by atoms with Crippen LogP contribution in [0.4, 0.5) is 5.82 Å². The molecule has 0 spiro atoms. The van der Waals surface area contributed by atoms with Gasteiger partial charge in [-0.15, -0.1) is 0 Å². The van der Waals surface area contributed by atoms with Crippen LogP contribution in [0.15, 0.2) is 24.3 Å². The number of hydrogen-bond donors (Lipinski definition) is 1. The molecular formula is C16H21N3O2. The van der Waals surface area contributed by atoms with Gasteiger partial charge in [0, 0.05) is 19.0 Å². The fraction of sp³-hybridized carbons (Fsp3) is 0.375. The molecule has 1 aromatic carbocycles. The standard InChI is InChI=1S/C16H21N3O2/c1-5-14-18-15(17-6-2)11(3)16(19-14)21-13-9-7-8-12(10-13)20-4/h7-10H,5-6H2,1-4H3,(H,17,18,19). The Balaban J connectivity index is 2.35. The first-order valence-corrected chi connectivity index (χ1v) is 7.11. The van der Waals surface area contributed by atoms with Crippen molar-refractivity contribution in [2.24, 2.45) is 0 Å². The molecule has 2 rings (SSSR count). The van der Waals surface area contributed by atoms with E-state index in [2.05, 4.69) is 15.3 Å². The number of methoxy groups -OCH3 is 1. The summed E-state index contributed by atoms with van der Waals surface area (Å²) in [5.74, 6) is 3.60. The fourth-order valence-corrected chi connectivity index (χ4v) is 1.91. The van der Waals surface area contributed by atoms with Crippen LogP contribution in [0.1, 0.15) is 25.2 Å². The molecule has 21 heavy (non-hydrogen) atoms. The number of benzene rings is 1. The van der Waals surface area contributed by atoms with Crippen LogP contribution in [0, 0.1) is 6.92 Å². The molecule has 0 saturated carbocycles. The minimum atomic E-state index is 0.575. The van der Waals surface area contributed by atoms with Crippen molar-refractivity contribution in [2.75, 3.05) is 19.0 Å². The summed E-state index contributed by atoms with van der Waals surface area (Å²) in [6.45, 7) is 6.82. The maximum Gasteiger partial charge on any atom is 0.227 e. The molecule has 0 bridgehead atoms. The van der Waals surface area contributed by atoms with Gasteiger partial charge in [0.05, 0.1) is 12.7 Å². The molecule has 5 heteroatoms. The van der Waals surface area contributed by atoms with Gasteiger partial charge in [0.1, 0.15) is 23.1 Å². The average Bonchev–Trinajstić information content (AvgIpc) is 2.51. The topological polar surface area (TPSA) is 56.3 Å². The summed E-state index contributed by atoms with van der Waals surface area (Å²) >= 11 is 0. The van der Waals surface area contributed by atoms with Crippen molar-refractivity contribution < 1.29 is 9.47 Å². The second kappa shape index (κ2) is 6.92. The second-order valence-corrected chi connectivity index (χ2v) is 4.58. The summed E-state index contributed by atoms with van der Waals surface area (Å²) in [5, 5.41) is 3.24. The molecule has 0 aliphatic rings. The second-order valence-electron chi connectivity index (χ2n) is 4.58. The van der Waals surface area contributed by atoms with Crippen LogP contribution in [0.2, 0.25) is 0 Å². The lowest BCUT2D eigenvalue weighted by atomic mass is 10.3. The van der Waals surface area contributed by atoms with E-state index < -0.39 is 0 Å². The summed E-state index contributed by atoms with van der Waals surface area (Å²) < 4.78 is 11.1. The smallest absolute Gasteiger partial charge is 0.227 e. The molecule has 1 heterocycles. The van der Waals surface area contributed by atoms with E-state index in [1.165, 1.54) is 0 Å². The first kappa shape index (κ1) is 15.1. The van der Waals surface area contributed by atoms with Gasteiger partial charge in [-0.2, -0.15) is 4.98 Å². The molecule has 0 atom stereocenters. The molecule has 0 fully saturated rings. The number of aryl methyl sites for hydroxylation is 1. The van der Waals surface area contributed by atoms with Crippen LogP contribution in [0.25, 0.3) is 0 Å². The van der Waals surface area contributed by atoms with Crippen molar-refractivity contribution in [2.45, 2.75) is 27.2 Å². The Kier molecular flexibility index (Phi) is 4.98. The summed E-state index contributed by atoms with van der Waals surface area (Å²) in [7, 11) is 1.63. The van der Waals surface area contributed by atoms with Crippen LogP contribution in [0.5, 0.6) is 17.4 Å². The van der Waals surface area contributed by atoms with Gasteiger partial charge in [-0.25, -0.2) is 4.98 Å². The largest absolute Gasteiger partial charge is 0.497 e. The highest BCUT2D eigenvalue weighted by molar-refractivity contribution is 5.50. The highest BCUT2D eigenvalue weighted by Gasteiger charge is 2.12. The normalized spacial score (nSPS) is 10.3. The van der Waals surface area contributed by atoms with E-state index in [-0.39, 0.29) is 0 Å². The van der Waals surface area contributed by atoms with Crippen LogP contribution >= 0.6 is 0 Å². The van der Waals surface area contributed by atoms with Crippen molar-refractivity contribution in [1.29, 1.82) is 0 Å². The van der Waals surface area contributed by atoms with Gasteiger partial charge < -0.3 is 14.8 Å². The Morgan fingerprint density at radius 3 is 2.57 bits per heavy atom. The fourth-order valence-electron chi connectivity index (χ4n) is 1.91. The number of ether oxygens (including phenoxy) is 2. The average molecular weight is 287 g/mol. The third-order valence-corrected chi connectivity index (χ3v) is 3.06. The van der Waals surface area contributed by atoms with Crippen molar-refractivity contribution in [3.8, 4) is 17.4 Å². The summed E-state index contributed by atoms with van der Waals surface area (Å²) in [4.78, 5) is 8.96. The highest BCUT2D eigenvalue weighted by atomic mass is 16.5. The van der Waals surface area contributed by atoms with E-state index >= 15 is 0 Å². The Morgan fingerprint density at radius 2 is 1.90 bits per heavy atom. The van der Waals surface area contributed by atoms with Gasteiger partial charge in [-0.1, -0.05) is 13.0 Å². The zero-order valence-electron chi connectivity index (χ0n) is 12.9. The Bertz CT molecular complexity index is 614. The van der Waals surface area contributed by atoms with Crippen molar-refractivity contribution in [3.63, 3.8) is 0 Å². The van der Waals surface area contributed by atoms with Gasteiger partial charge in [-0.05, 0) is 26.0 Å². The molecule has 0 saturated heterocycles. The van der Waals surface area contributed by atoms with E-state index in [1.54, 1.807) is 7.11 Å². The lowest BCUT2D eigenvalue weighted by Gasteiger charge is -2.13. The summed E-state index contributed by atoms with van der Waals surface area (Å²) in [6.07, 6.45) is 0.757. The van der Waals surface area contributed by atoms with Gasteiger partial charge in [0.25, 0.3) is 0 Å². The minimum Gasteiger partial charge on any atom is -0.497 e. The lowest BCUT2D eigenvalue weighted by molar-refractivity contribution is 0.406. The van der Waals surface area contributed by atoms with E-state index in [9.17, 15) is 0 Å². The summed E-state index contributed by atoms with van der Waals surface area (Å²) in [5.41, 5.74) is 0.900. The zero-order chi connectivity index (χ0) is 15.2. The van der Waals surface area contributed by atoms with E-state index in [4.69, 9.17) is 9.47 Å². The first-order valence-electron chi connectivity index (χ1n) is 7.11. The highest BCUT2D eigenvalue weighted by Crippen LogP contribution is 2.29. The third-order valence-electron chi connectivity index (χ3n) is 3.06. The van der Waals surface area contributed by atoms with Crippen molar-refractivity contribution in [1.82, 2.24) is 9.97 Å². The molecular weight excluding hydrogens is 266 g/mol. The maximum atomic E-state index is 5.91. The van der Waals surface area contributed by atoms with E-state index in [1.807, 2.05) is 45.0 Å². The summed E-state index contributed by atoms with van der Waals surface area (Å²) in [6, 6.07) is 7.47. The van der Waals surface area contributed by atoms with Crippen LogP contribution < -0.4 is 14.8 Å². The van der Waals surface area contributed by atoms with Crippen molar-refractivity contribution >= 4 is 5.82 Å². The molecule has 0 amide bonds. The minimum absolute atomic E-state index is 0.575. The van der Waals surface area contributed by atoms with E-state index in [0.29, 0.717) is 11.6 Å². The first-order chi connectivity index (χ1) is 10.2. The number of anilines is 1. The predicted octanol–water partition coefficient (Wildman–Crippen LogP) is 3.58. The van der Waals surface area contributed by atoms with E-state index in [0.717, 1.165) is 35.9 Å². The van der Waals surface area contributed by atoms with Gasteiger partial charge in [0.2, 0.25) is 5.88 Å². The number of nitrogens with one attached hydrogen (secondary N) is 1. The Labute approximate surface area is 125 Å². The lowest BCUT2D eigenvalue weighted by Crippen LogP contribution is -2.07. The molecule has 0 radical (unpaired) electrons. The maximum absolute atomic E-state index is 5.91. The molecule has 0 aliphatic heterocycles.